The molecule has 0 aliphatic heterocycles. The Morgan fingerprint density at radius 3 is 1.42 bits per heavy atom. The highest BCUT2D eigenvalue weighted by atomic mass is 16.4. The lowest BCUT2D eigenvalue weighted by atomic mass is 9.86. The van der Waals surface area contributed by atoms with Crippen molar-refractivity contribution in [3.05, 3.63) is 57.6 Å². The van der Waals surface area contributed by atoms with E-state index in [-0.39, 0.29) is 22.3 Å². The van der Waals surface area contributed by atoms with Crippen molar-refractivity contribution >= 4 is 17.9 Å². The Balaban J connectivity index is 2.99. The molecule has 0 aliphatic carbocycles. The molecule has 0 aliphatic rings. The van der Waals surface area contributed by atoms with Crippen LogP contribution in [0.2, 0.25) is 0 Å². The number of hydrogen-bond donors (Lipinski definition) is 3. The summed E-state index contributed by atoms with van der Waals surface area (Å²) in [5.74, 6) is -4.14. The molecule has 0 saturated carbocycles. The minimum Gasteiger partial charge on any atom is -0.478 e. The molecule has 0 heterocycles. The molecule has 0 atom stereocenters. The fourth-order valence-corrected chi connectivity index (χ4v) is 2.95. The lowest BCUT2D eigenvalue weighted by Crippen LogP contribution is -2.12. The Kier molecular flexibility index (Phi) is 4.41. The van der Waals surface area contributed by atoms with E-state index in [1.165, 1.54) is 0 Å². The van der Waals surface area contributed by atoms with Crippen molar-refractivity contribution in [1.29, 1.82) is 0 Å². The van der Waals surface area contributed by atoms with Gasteiger partial charge in [-0.2, -0.15) is 0 Å². The number of carboxylic acids is 3. The van der Waals surface area contributed by atoms with E-state index < -0.39 is 17.9 Å². The van der Waals surface area contributed by atoms with Crippen molar-refractivity contribution in [2.45, 2.75) is 20.8 Å². The van der Waals surface area contributed by atoms with E-state index >= 15 is 0 Å². The average Bonchev–Trinajstić information content (AvgIpc) is 2.45. The fraction of sp³-hybridized carbons (Fsp3) is 0.167. The van der Waals surface area contributed by atoms with Gasteiger partial charge in [0.1, 0.15) is 0 Å². The lowest BCUT2D eigenvalue weighted by molar-refractivity contribution is 0.0696. The van der Waals surface area contributed by atoms with Crippen LogP contribution in [-0.2, 0) is 0 Å². The van der Waals surface area contributed by atoms with E-state index in [1.807, 2.05) is 19.1 Å². The van der Waals surface area contributed by atoms with Crippen LogP contribution in [0.1, 0.15) is 47.8 Å². The summed E-state index contributed by atoms with van der Waals surface area (Å²) < 4.78 is 0. The molecule has 0 amide bonds. The Hall–Kier alpha value is -3.15. The van der Waals surface area contributed by atoms with Crippen molar-refractivity contribution in [1.82, 2.24) is 0 Å². The van der Waals surface area contributed by atoms with Gasteiger partial charge in [0.25, 0.3) is 0 Å². The van der Waals surface area contributed by atoms with Gasteiger partial charge in [0, 0.05) is 5.56 Å². The Morgan fingerprint density at radius 1 is 0.667 bits per heavy atom. The summed E-state index contributed by atoms with van der Waals surface area (Å²) in [4.78, 5) is 34.5. The first kappa shape index (κ1) is 17.2. The number of benzene rings is 2. The summed E-state index contributed by atoms with van der Waals surface area (Å²) in [6.07, 6.45) is 0. The Labute approximate surface area is 138 Å². The van der Waals surface area contributed by atoms with E-state index in [0.29, 0.717) is 5.56 Å². The maximum atomic E-state index is 11.6. The molecule has 2 aromatic carbocycles. The van der Waals surface area contributed by atoms with Gasteiger partial charge in [-0.15, -0.1) is 0 Å². The highest BCUT2D eigenvalue weighted by Crippen LogP contribution is 2.35. The molecule has 2 rings (SSSR count). The molecular weight excluding hydrogens is 312 g/mol. The second-order valence-electron chi connectivity index (χ2n) is 5.64. The van der Waals surface area contributed by atoms with Crippen LogP contribution in [0.3, 0.4) is 0 Å². The average molecular weight is 328 g/mol. The molecule has 124 valence electrons. The molecule has 6 nitrogen and oxygen atoms in total. The van der Waals surface area contributed by atoms with Crippen LogP contribution >= 0.6 is 0 Å². The molecule has 0 saturated heterocycles. The number of aryl methyl sites for hydroxylation is 3. The van der Waals surface area contributed by atoms with Crippen LogP contribution in [0.4, 0.5) is 0 Å². The normalized spacial score (nSPS) is 10.5. The largest absolute Gasteiger partial charge is 0.478 e. The molecule has 0 radical (unpaired) electrons. The van der Waals surface area contributed by atoms with Gasteiger partial charge in [0.2, 0.25) is 0 Å². The van der Waals surface area contributed by atoms with Crippen LogP contribution in [0, 0.1) is 20.8 Å². The molecule has 6 heteroatoms. The molecule has 0 spiro atoms. The smallest absolute Gasteiger partial charge is 0.336 e. The Morgan fingerprint density at radius 2 is 1.08 bits per heavy atom. The van der Waals surface area contributed by atoms with Crippen molar-refractivity contribution in [2.75, 3.05) is 0 Å². The lowest BCUT2D eigenvalue weighted by Gasteiger charge is -2.17. The predicted molar refractivity (Wildman–Crippen MR) is 87.0 cm³/mol. The van der Waals surface area contributed by atoms with E-state index in [1.54, 1.807) is 13.8 Å². The summed E-state index contributed by atoms with van der Waals surface area (Å²) in [6, 6.07) is 5.63. The summed E-state index contributed by atoms with van der Waals surface area (Å²) in [5, 5.41) is 28.1. The van der Waals surface area contributed by atoms with E-state index in [2.05, 4.69) is 0 Å². The minimum absolute atomic E-state index is 0.0231. The van der Waals surface area contributed by atoms with Gasteiger partial charge in [0.05, 0.1) is 16.7 Å². The molecule has 3 N–H and O–H groups in total. The van der Waals surface area contributed by atoms with Crippen LogP contribution in [0.5, 0.6) is 0 Å². The number of aromatic carboxylic acids is 3. The third kappa shape index (κ3) is 2.99. The topological polar surface area (TPSA) is 112 Å². The van der Waals surface area contributed by atoms with Gasteiger partial charge in [-0.3, -0.25) is 0 Å². The standard InChI is InChI=1S/C18H16O6/c1-8-4-9(2)14(10(3)5-8)15-12(17(21)22)6-11(16(19)20)7-13(15)18(23)24/h4-7H,1-3H3,(H,19,20)(H,21,22)(H,23,24). The second-order valence-corrected chi connectivity index (χ2v) is 5.64. The number of carbonyl (C=O) groups is 3. The summed E-state index contributed by atoms with van der Waals surface area (Å²) >= 11 is 0. The number of rotatable bonds is 4. The maximum Gasteiger partial charge on any atom is 0.336 e. The molecular formula is C18H16O6. The third-order valence-corrected chi connectivity index (χ3v) is 3.77. The van der Waals surface area contributed by atoms with Crippen molar-refractivity contribution in [2.24, 2.45) is 0 Å². The summed E-state index contributed by atoms with van der Waals surface area (Å²) in [6.45, 7) is 5.41. The van der Waals surface area contributed by atoms with Crippen LogP contribution in [-0.4, -0.2) is 33.2 Å². The maximum absolute atomic E-state index is 11.6. The van der Waals surface area contributed by atoms with Crippen molar-refractivity contribution in [3.63, 3.8) is 0 Å². The second kappa shape index (κ2) is 6.16. The first-order chi connectivity index (χ1) is 11.1. The zero-order chi connectivity index (χ0) is 18.2. The van der Waals surface area contributed by atoms with E-state index in [4.69, 9.17) is 5.11 Å². The van der Waals surface area contributed by atoms with Gasteiger partial charge >= 0.3 is 17.9 Å². The van der Waals surface area contributed by atoms with Gasteiger partial charge in [-0.1, -0.05) is 17.7 Å². The van der Waals surface area contributed by atoms with Crippen molar-refractivity contribution < 1.29 is 29.7 Å². The molecule has 0 unspecified atom stereocenters. The van der Waals surface area contributed by atoms with E-state index in [0.717, 1.165) is 28.8 Å². The third-order valence-electron chi connectivity index (χ3n) is 3.77. The first-order valence-corrected chi connectivity index (χ1v) is 7.09. The van der Waals surface area contributed by atoms with Crippen LogP contribution < -0.4 is 0 Å². The molecule has 0 bridgehead atoms. The fourth-order valence-electron chi connectivity index (χ4n) is 2.95. The zero-order valence-corrected chi connectivity index (χ0v) is 13.4. The molecule has 2 aromatic rings. The zero-order valence-electron chi connectivity index (χ0n) is 13.4. The molecule has 0 aromatic heterocycles. The van der Waals surface area contributed by atoms with Gasteiger partial charge in [0.15, 0.2) is 0 Å². The van der Waals surface area contributed by atoms with E-state index in [9.17, 15) is 24.6 Å². The van der Waals surface area contributed by atoms with Crippen molar-refractivity contribution in [3.8, 4) is 11.1 Å². The summed E-state index contributed by atoms with van der Waals surface area (Å²) in [7, 11) is 0. The molecule has 24 heavy (non-hydrogen) atoms. The highest BCUT2D eigenvalue weighted by molar-refractivity contribution is 6.08. The van der Waals surface area contributed by atoms with Crippen LogP contribution in [0.25, 0.3) is 11.1 Å². The highest BCUT2D eigenvalue weighted by Gasteiger charge is 2.25. The van der Waals surface area contributed by atoms with Gasteiger partial charge in [-0.05, 0) is 49.6 Å². The number of hydrogen-bond acceptors (Lipinski definition) is 3. The summed E-state index contributed by atoms with van der Waals surface area (Å²) in [5.41, 5.74) is 1.86. The Bertz CT molecular complexity index is 821. The molecule has 0 fully saturated rings. The monoisotopic (exact) mass is 328 g/mol. The first-order valence-electron chi connectivity index (χ1n) is 7.09. The van der Waals surface area contributed by atoms with Crippen LogP contribution in [0.15, 0.2) is 24.3 Å². The quantitative estimate of drug-likeness (QED) is 0.793. The van der Waals surface area contributed by atoms with Gasteiger partial charge in [-0.25, -0.2) is 14.4 Å². The minimum atomic E-state index is -1.39. The predicted octanol–water partition coefficient (Wildman–Crippen LogP) is 3.37. The SMILES string of the molecule is Cc1cc(C)c(-c2c(C(=O)O)cc(C(=O)O)cc2C(=O)O)c(C)c1. The number of carboxylic acid groups (broad SMARTS) is 3. The van der Waals surface area contributed by atoms with Gasteiger partial charge < -0.3 is 15.3 Å².